The third-order valence-corrected chi connectivity index (χ3v) is 3.74. The maximum Gasteiger partial charge on any atom is 0.00795 e. The van der Waals surface area contributed by atoms with Gasteiger partial charge in [-0.2, -0.15) is 0 Å². The molecule has 1 saturated carbocycles. The lowest BCUT2D eigenvalue weighted by molar-refractivity contribution is 0.277. The largest absolute Gasteiger partial charge is 0.0990 e. The molecule has 14 heavy (non-hydrogen) atoms. The number of hydrogen-bond donors (Lipinski definition) is 0. The number of allylic oxidation sites excluding steroid dienone is 1. The number of aryl methyl sites for hydroxylation is 1. The summed E-state index contributed by atoms with van der Waals surface area (Å²) in [6, 6.07) is 8.87. The maximum atomic E-state index is 4.17. The fourth-order valence-electron chi connectivity index (χ4n) is 2.42. The average molecular weight is 186 g/mol. The first kappa shape index (κ1) is 9.51. The van der Waals surface area contributed by atoms with Gasteiger partial charge in [0.1, 0.15) is 0 Å². The van der Waals surface area contributed by atoms with Crippen molar-refractivity contribution in [3.05, 3.63) is 47.5 Å². The zero-order valence-electron chi connectivity index (χ0n) is 9.25. The predicted molar refractivity (Wildman–Crippen MR) is 61.4 cm³/mol. The van der Waals surface area contributed by atoms with Gasteiger partial charge in [0.15, 0.2) is 0 Å². The van der Waals surface area contributed by atoms with Crippen LogP contribution in [0, 0.1) is 18.8 Å². The van der Waals surface area contributed by atoms with Crippen LogP contribution in [0.1, 0.15) is 30.9 Å². The van der Waals surface area contributed by atoms with E-state index in [1.807, 2.05) is 0 Å². The molecule has 2 rings (SSSR count). The van der Waals surface area contributed by atoms with E-state index in [1.54, 1.807) is 0 Å². The van der Waals surface area contributed by atoms with Crippen LogP contribution in [0.4, 0.5) is 0 Å². The van der Waals surface area contributed by atoms with Crippen molar-refractivity contribution >= 4 is 0 Å². The first-order valence-corrected chi connectivity index (χ1v) is 5.36. The van der Waals surface area contributed by atoms with Gasteiger partial charge in [-0.15, -0.1) is 0 Å². The van der Waals surface area contributed by atoms with Crippen molar-refractivity contribution in [2.75, 3.05) is 0 Å². The zero-order chi connectivity index (χ0) is 10.3. The van der Waals surface area contributed by atoms with Gasteiger partial charge in [-0.25, -0.2) is 0 Å². The Kier molecular flexibility index (Phi) is 2.22. The van der Waals surface area contributed by atoms with Gasteiger partial charge in [0.25, 0.3) is 0 Å². The van der Waals surface area contributed by atoms with Gasteiger partial charge in [-0.1, -0.05) is 55.8 Å². The molecule has 1 fully saturated rings. The molecule has 1 aliphatic carbocycles. The van der Waals surface area contributed by atoms with E-state index in [2.05, 4.69) is 51.6 Å². The highest BCUT2D eigenvalue weighted by atomic mass is 14.4. The number of hydrogen-bond acceptors (Lipinski definition) is 0. The highest BCUT2D eigenvalue weighted by Crippen LogP contribution is 2.50. The Morgan fingerprint density at radius 3 is 2.14 bits per heavy atom. The first-order chi connectivity index (χ1) is 6.61. The molecule has 0 N–H and O–H groups in total. The van der Waals surface area contributed by atoms with Crippen molar-refractivity contribution in [3.63, 3.8) is 0 Å². The molecule has 3 atom stereocenters. The molecule has 0 amide bonds. The van der Waals surface area contributed by atoms with Gasteiger partial charge in [-0.05, 0) is 24.3 Å². The van der Waals surface area contributed by atoms with Crippen LogP contribution in [0.3, 0.4) is 0 Å². The molecule has 0 heteroatoms. The molecule has 1 aliphatic rings. The van der Waals surface area contributed by atoms with Crippen LogP contribution in [0.2, 0.25) is 0 Å². The monoisotopic (exact) mass is 186 g/mol. The Labute approximate surface area is 86.7 Å². The molecule has 74 valence electrons. The van der Waals surface area contributed by atoms with Gasteiger partial charge in [-0.3, -0.25) is 0 Å². The summed E-state index contributed by atoms with van der Waals surface area (Å²) in [6.07, 6.45) is 0. The van der Waals surface area contributed by atoms with E-state index in [-0.39, 0.29) is 0 Å². The molecular formula is C14H18. The van der Waals surface area contributed by atoms with Gasteiger partial charge >= 0.3 is 0 Å². The van der Waals surface area contributed by atoms with Crippen LogP contribution in [0.5, 0.6) is 0 Å². The Hall–Kier alpha value is -1.04. The van der Waals surface area contributed by atoms with Crippen molar-refractivity contribution in [2.45, 2.75) is 26.7 Å². The van der Waals surface area contributed by atoms with Crippen LogP contribution in [-0.4, -0.2) is 0 Å². The molecule has 1 aromatic carbocycles. The molecule has 0 nitrogen and oxygen atoms in total. The third-order valence-electron chi connectivity index (χ3n) is 3.74. The number of rotatable bonds is 1. The lowest BCUT2D eigenvalue weighted by Crippen LogP contribution is -2.33. The molecular weight excluding hydrogens is 168 g/mol. The summed E-state index contributed by atoms with van der Waals surface area (Å²) in [4.78, 5) is 0. The highest BCUT2D eigenvalue weighted by Gasteiger charge is 2.38. The van der Waals surface area contributed by atoms with Crippen molar-refractivity contribution in [1.29, 1.82) is 0 Å². The molecule has 0 aliphatic heterocycles. The second-order valence-corrected chi connectivity index (χ2v) is 4.61. The molecule has 1 aromatic rings. The lowest BCUT2D eigenvalue weighted by Gasteiger charge is -2.44. The van der Waals surface area contributed by atoms with E-state index in [4.69, 9.17) is 0 Å². The van der Waals surface area contributed by atoms with E-state index in [0.717, 1.165) is 5.92 Å². The van der Waals surface area contributed by atoms with Gasteiger partial charge in [0, 0.05) is 5.92 Å². The van der Waals surface area contributed by atoms with E-state index < -0.39 is 0 Å². The van der Waals surface area contributed by atoms with E-state index in [0.29, 0.717) is 11.8 Å². The lowest BCUT2D eigenvalue weighted by atomic mass is 9.60. The van der Waals surface area contributed by atoms with Crippen LogP contribution >= 0.6 is 0 Å². The SMILES string of the molecule is C=C1C(C)C(C)C1c1ccc(C)cc1. The molecule has 0 heterocycles. The minimum atomic E-state index is 0.602. The van der Waals surface area contributed by atoms with Crippen molar-refractivity contribution in [3.8, 4) is 0 Å². The average Bonchev–Trinajstić information content (AvgIpc) is 2.21. The summed E-state index contributed by atoms with van der Waals surface area (Å²) in [6.45, 7) is 10.9. The van der Waals surface area contributed by atoms with E-state index in [1.165, 1.54) is 16.7 Å². The first-order valence-electron chi connectivity index (χ1n) is 5.36. The smallest absolute Gasteiger partial charge is 0.00795 e. The predicted octanol–water partition coefficient (Wildman–Crippen LogP) is 3.92. The van der Waals surface area contributed by atoms with Crippen LogP contribution in [-0.2, 0) is 0 Å². The third kappa shape index (κ3) is 1.30. The standard InChI is InChI=1S/C14H18/c1-9-5-7-13(8-6-9)14-11(3)10(2)12(14)4/h5-8,10,12,14H,3H2,1-2,4H3. The molecule has 0 radical (unpaired) electrons. The summed E-state index contributed by atoms with van der Waals surface area (Å²) in [5, 5.41) is 0. The van der Waals surface area contributed by atoms with E-state index in [9.17, 15) is 0 Å². The Balaban J connectivity index is 2.25. The molecule has 3 unspecified atom stereocenters. The highest BCUT2D eigenvalue weighted by molar-refractivity contribution is 5.37. The van der Waals surface area contributed by atoms with Crippen LogP contribution in [0.25, 0.3) is 0 Å². The zero-order valence-corrected chi connectivity index (χ0v) is 9.25. The van der Waals surface area contributed by atoms with E-state index >= 15 is 0 Å². The molecule has 0 spiro atoms. The van der Waals surface area contributed by atoms with Crippen molar-refractivity contribution < 1.29 is 0 Å². The second-order valence-electron chi connectivity index (χ2n) is 4.61. The Morgan fingerprint density at radius 1 is 1.07 bits per heavy atom. The summed E-state index contributed by atoms with van der Waals surface area (Å²) < 4.78 is 0. The van der Waals surface area contributed by atoms with Crippen molar-refractivity contribution in [1.82, 2.24) is 0 Å². The molecule has 0 bridgehead atoms. The number of benzene rings is 1. The van der Waals surface area contributed by atoms with Gasteiger partial charge < -0.3 is 0 Å². The van der Waals surface area contributed by atoms with Gasteiger partial charge in [0.2, 0.25) is 0 Å². The van der Waals surface area contributed by atoms with Crippen LogP contribution < -0.4 is 0 Å². The second kappa shape index (κ2) is 3.27. The summed E-state index contributed by atoms with van der Waals surface area (Å²) in [5.41, 5.74) is 4.17. The summed E-state index contributed by atoms with van der Waals surface area (Å²) in [5.74, 6) is 2.05. The minimum Gasteiger partial charge on any atom is -0.0990 e. The fourth-order valence-corrected chi connectivity index (χ4v) is 2.42. The van der Waals surface area contributed by atoms with Crippen LogP contribution in [0.15, 0.2) is 36.4 Å². The molecule has 0 saturated heterocycles. The summed E-state index contributed by atoms with van der Waals surface area (Å²) in [7, 11) is 0. The topological polar surface area (TPSA) is 0 Å². The fraction of sp³-hybridized carbons (Fsp3) is 0.429. The van der Waals surface area contributed by atoms with Crippen molar-refractivity contribution in [2.24, 2.45) is 11.8 Å². The normalized spacial score (nSPS) is 31.4. The minimum absolute atomic E-state index is 0.602. The quantitative estimate of drug-likeness (QED) is 0.583. The van der Waals surface area contributed by atoms with Gasteiger partial charge in [0.05, 0.1) is 0 Å². The maximum absolute atomic E-state index is 4.17. The summed E-state index contributed by atoms with van der Waals surface area (Å²) >= 11 is 0. The Bertz CT molecular complexity index is 345. The Morgan fingerprint density at radius 2 is 1.64 bits per heavy atom. The molecule has 0 aromatic heterocycles.